The fourth-order valence-electron chi connectivity index (χ4n) is 9.33. The number of fused-ring (bicyclic) bond motifs is 4. The van der Waals surface area contributed by atoms with Gasteiger partial charge in [0.05, 0.1) is 12.6 Å². The van der Waals surface area contributed by atoms with Gasteiger partial charge in [-0.2, -0.15) is 27.0 Å². The smallest absolute Gasteiger partial charge is 0.217 e. The number of ether oxygens (including phenoxy) is 1. The second kappa shape index (κ2) is 16.8. The Morgan fingerprint density at radius 3 is 2.31 bits per heavy atom. The number of methoxy groups -OCH3 is 1. The molecule has 52 heavy (non-hydrogen) atoms. The first-order valence-electron chi connectivity index (χ1n) is 18.5. The minimum atomic E-state index is -1.21. The second-order valence-corrected chi connectivity index (χ2v) is 15.9. The average Bonchev–Trinajstić information content (AvgIpc) is 3.75. The van der Waals surface area contributed by atoms with Crippen molar-refractivity contribution in [1.82, 2.24) is 19.7 Å². The molecule has 6 nitrogen and oxygen atoms in total. The Morgan fingerprint density at radius 2 is 1.58 bits per heavy atom. The van der Waals surface area contributed by atoms with Gasteiger partial charge in [-0.25, -0.2) is 4.98 Å². The lowest BCUT2D eigenvalue weighted by molar-refractivity contribution is 0.00586. The molecule has 0 amide bonds. The molecule has 2 bridgehead atoms. The quantitative estimate of drug-likeness (QED) is 0.136. The van der Waals surface area contributed by atoms with Crippen molar-refractivity contribution in [2.75, 3.05) is 46.9 Å². The van der Waals surface area contributed by atoms with Crippen molar-refractivity contribution in [2.45, 2.75) is 68.2 Å². The zero-order valence-corrected chi connectivity index (χ0v) is 33.9. The topological polar surface area (TPSA) is 52.1 Å². The number of nitrogens with zero attached hydrogens (tertiary/aromatic N) is 4. The van der Waals surface area contributed by atoms with Gasteiger partial charge in [0.2, 0.25) is 5.88 Å². The Balaban J connectivity index is 0.00000232. The van der Waals surface area contributed by atoms with Gasteiger partial charge in [0.1, 0.15) is 5.60 Å². The zero-order valence-electron chi connectivity index (χ0n) is 30.3. The number of aliphatic hydroxyl groups is 1. The second-order valence-electron chi connectivity index (χ2n) is 15.0. The molecule has 5 aromatic rings. The molecule has 276 valence electrons. The van der Waals surface area contributed by atoms with Crippen molar-refractivity contribution in [1.29, 1.82) is 0 Å². The van der Waals surface area contributed by atoms with Crippen LogP contribution in [-0.4, -0.2) is 89.8 Å². The molecule has 0 radical (unpaired) electrons. The van der Waals surface area contributed by atoms with Crippen molar-refractivity contribution in [3.8, 4) is 5.88 Å². The fourth-order valence-corrected chi connectivity index (χ4v) is 9.70. The monoisotopic (exact) mass is 800 g/mol. The Bertz CT molecular complexity index is 1960. The van der Waals surface area contributed by atoms with Crippen LogP contribution in [0.5, 0.6) is 5.88 Å². The molecule has 4 atom stereocenters. The SMILES string of the molecule is COc1nc2ccc(Br)cc2cc1C(c1ccccc1)C(O)(CCCCN1CC2CC1CN2C1CCN(C)CC1)c1ccc2ccccc2c1.S.S. The molecule has 3 fully saturated rings. The van der Waals surface area contributed by atoms with Gasteiger partial charge in [-0.1, -0.05) is 82.7 Å². The van der Waals surface area contributed by atoms with E-state index in [0.29, 0.717) is 24.4 Å². The van der Waals surface area contributed by atoms with E-state index >= 15 is 0 Å². The number of pyridine rings is 1. The van der Waals surface area contributed by atoms with Gasteiger partial charge < -0.3 is 14.7 Å². The Kier molecular flexibility index (Phi) is 12.6. The maximum absolute atomic E-state index is 13.4. The molecule has 8 rings (SSSR count). The molecular formula is C43H53BrN4O2S2. The van der Waals surface area contributed by atoms with E-state index < -0.39 is 11.5 Å². The fraction of sp³-hybridized carbons (Fsp3) is 0.419. The maximum atomic E-state index is 13.4. The highest BCUT2D eigenvalue weighted by molar-refractivity contribution is 9.10. The van der Waals surface area contributed by atoms with Crippen LogP contribution in [0.25, 0.3) is 21.7 Å². The van der Waals surface area contributed by atoms with Crippen LogP contribution in [0.15, 0.2) is 102 Å². The van der Waals surface area contributed by atoms with Crippen LogP contribution in [0, 0.1) is 0 Å². The van der Waals surface area contributed by atoms with Crippen molar-refractivity contribution >= 4 is 64.6 Å². The first-order valence-corrected chi connectivity index (χ1v) is 19.3. The normalized spacial score (nSPS) is 21.5. The molecule has 3 saturated heterocycles. The number of unbranched alkanes of at least 4 members (excludes halogenated alkanes) is 1. The van der Waals surface area contributed by atoms with Gasteiger partial charge in [0, 0.05) is 52.6 Å². The molecule has 3 aliphatic heterocycles. The first kappa shape index (κ1) is 39.1. The molecule has 1 aromatic heterocycles. The summed E-state index contributed by atoms with van der Waals surface area (Å²) in [4.78, 5) is 13.1. The van der Waals surface area contributed by atoms with Crippen LogP contribution in [0.1, 0.15) is 61.1 Å². The summed E-state index contributed by atoms with van der Waals surface area (Å²) in [5.41, 5.74) is 2.52. The van der Waals surface area contributed by atoms with Gasteiger partial charge in [-0.15, -0.1) is 0 Å². The third-order valence-electron chi connectivity index (χ3n) is 11.9. The standard InChI is InChI=1S/C43H49BrN4O2.2H2S/c1-46-22-18-36(19-23-46)48-29-37-27-38(48)28-47(37)21-9-8-20-43(49,34-15-14-30-10-6-7-13-32(30)24-34)41(31-11-4-3-5-12-31)39-26-33-25-35(44)16-17-40(33)45-42(39)50-2;;/h3-7,10-17,24-26,36-38,41,49H,8-9,18-23,27-29H2,1-2H3;2*1H2. The van der Waals surface area contributed by atoms with E-state index in [4.69, 9.17) is 9.72 Å². The summed E-state index contributed by atoms with van der Waals surface area (Å²) in [7, 11) is 3.94. The van der Waals surface area contributed by atoms with Gasteiger partial charge in [-0.3, -0.25) is 9.80 Å². The molecule has 0 spiro atoms. The third-order valence-corrected chi connectivity index (χ3v) is 12.4. The van der Waals surface area contributed by atoms with E-state index in [1.165, 1.54) is 50.8 Å². The molecule has 4 unspecified atom stereocenters. The van der Waals surface area contributed by atoms with Crippen molar-refractivity contribution in [2.24, 2.45) is 0 Å². The zero-order chi connectivity index (χ0) is 34.2. The lowest BCUT2D eigenvalue weighted by Gasteiger charge is -2.42. The van der Waals surface area contributed by atoms with E-state index in [9.17, 15) is 5.11 Å². The number of piperazine rings is 1. The average molecular weight is 802 g/mol. The molecule has 9 heteroatoms. The third kappa shape index (κ3) is 7.79. The number of hydrogen-bond donors (Lipinski definition) is 1. The lowest BCUT2D eigenvalue weighted by Crippen LogP contribution is -2.53. The number of rotatable bonds is 11. The summed E-state index contributed by atoms with van der Waals surface area (Å²) in [5.74, 6) is 0.150. The number of aromatic nitrogens is 1. The molecule has 0 aliphatic carbocycles. The molecule has 0 saturated carbocycles. The Morgan fingerprint density at radius 1 is 0.827 bits per heavy atom. The number of halogens is 1. The number of benzene rings is 4. The molecular weight excluding hydrogens is 749 g/mol. The summed E-state index contributed by atoms with van der Waals surface area (Å²) in [5, 5.41) is 16.7. The summed E-state index contributed by atoms with van der Waals surface area (Å²) >= 11 is 3.66. The van der Waals surface area contributed by atoms with Crippen LogP contribution in [-0.2, 0) is 5.60 Å². The van der Waals surface area contributed by atoms with E-state index in [2.05, 4.69) is 117 Å². The maximum Gasteiger partial charge on any atom is 0.217 e. The van der Waals surface area contributed by atoms with Gasteiger partial charge in [0.15, 0.2) is 0 Å². The number of hydrogen-bond acceptors (Lipinski definition) is 6. The first-order chi connectivity index (χ1) is 24.4. The summed E-state index contributed by atoms with van der Waals surface area (Å²) < 4.78 is 7.01. The van der Waals surface area contributed by atoms with Crippen LogP contribution in [0.4, 0.5) is 0 Å². The van der Waals surface area contributed by atoms with E-state index in [1.54, 1.807) is 7.11 Å². The predicted octanol–water partition coefficient (Wildman–Crippen LogP) is 8.43. The number of piperidine rings is 1. The van der Waals surface area contributed by atoms with Crippen LogP contribution >= 0.6 is 42.9 Å². The van der Waals surface area contributed by atoms with E-state index in [-0.39, 0.29) is 27.0 Å². The minimum Gasteiger partial charge on any atom is -0.481 e. The van der Waals surface area contributed by atoms with Crippen LogP contribution in [0.3, 0.4) is 0 Å². The number of likely N-dealkylation sites (tertiary alicyclic amines) is 3. The Hall–Kier alpha value is -2.63. The van der Waals surface area contributed by atoms with Crippen LogP contribution < -0.4 is 4.74 Å². The highest BCUT2D eigenvalue weighted by atomic mass is 79.9. The van der Waals surface area contributed by atoms with Crippen molar-refractivity contribution in [3.63, 3.8) is 0 Å². The highest BCUT2D eigenvalue weighted by Crippen LogP contribution is 2.48. The Labute approximate surface area is 331 Å². The largest absolute Gasteiger partial charge is 0.481 e. The summed E-state index contributed by atoms with van der Waals surface area (Å²) in [6.45, 7) is 5.95. The van der Waals surface area contributed by atoms with Crippen molar-refractivity contribution in [3.05, 3.63) is 118 Å². The van der Waals surface area contributed by atoms with Gasteiger partial charge >= 0.3 is 0 Å². The van der Waals surface area contributed by atoms with Gasteiger partial charge in [-0.05, 0) is 117 Å². The van der Waals surface area contributed by atoms with Gasteiger partial charge in [0.25, 0.3) is 0 Å². The van der Waals surface area contributed by atoms with Crippen LogP contribution in [0.2, 0.25) is 0 Å². The van der Waals surface area contributed by atoms with E-state index in [1.807, 2.05) is 18.2 Å². The predicted molar refractivity (Wildman–Crippen MR) is 228 cm³/mol. The van der Waals surface area contributed by atoms with E-state index in [0.717, 1.165) is 62.9 Å². The van der Waals surface area contributed by atoms with Crippen molar-refractivity contribution < 1.29 is 9.84 Å². The lowest BCUT2D eigenvalue weighted by atomic mass is 9.71. The highest BCUT2D eigenvalue weighted by Gasteiger charge is 2.46. The minimum absolute atomic E-state index is 0. The summed E-state index contributed by atoms with van der Waals surface area (Å²) in [6, 6.07) is 35.8. The molecule has 1 N–H and O–H groups in total. The molecule has 3 aliphatic rings. The molecule has 4 heterocycles. The molecule has 4 aromatic carbocycles. The summed E-state index contributed by atoms with van der Waals surface area (Å²) in [6.07, 6.45) is 6.51.